The highest BCUT2D eigenvalue weighted by molar-refractivity contribution is 5.93. The molecule has 2 N–H and O–H groups in total. The van der Waals surface area contributed by atoms with Gasteiger partial charge in [0.2, 0.25) is 5.91 Å². The number of carbonyl (C=O) groups is 1. The fourth-order valence-corrected chi connectivity index (χ4v) is 3.29. The molecule has 0 spiro atoms. The molecule has 0 radical (unpaired) electrons. The number of nitrogens with one attached hydrogen (secondary N) is 2. The van der Waals surface area contributed by atoms with E-state index in [2.05, 4.69) is 20.7 Å². The zero-order chi connectivity index (χ0) is 16.4. The fourth-order valence-electron chi connectivity index (χ4n) is 3.29. The van der Waals surface area contributed by atoms with Gasteiger partial charge >= 0.3 is 0 Å². The Morgan fingerprint density at radius 3 is 3.25 bits per heavy atom. The summed E-state index contributed by atoms with van der Waals surface area (Å²) in [6.07, 6.45) is 4.99. The van der Waals surface area contributed by atoms with Crippen molar-refractivity contribution in [2.75, 3.05) is 18.5 Å². The van der Waals surface area contributed by atoms with Gasteiger partial charge in [-0.05, 0) is 36.6 Å². The van der Waals surface area contributed by atoms with Crippen molar-refractivity contribution in [3.05, 3.63) is 35.9 Å². The second-order valence-corrected chi connectivity index (χ2v) is 6.26. The van der Waals surface area contributed by atoms with Crippen molar-refractivity contribution in [3.63, 3.8) is 0 Å². The molecule has 4 rings (SSSR count). The average Bonchev–Trinajstić information content (AvgIpc) is 3.06. The number of rotatable bonds is 5. The van der Waals surface area contributed by atoms with Gasteiger partial charge in [0.25, 0.3) is 0 Å². The smallest absolute Gasteiger partial charge is 0.224 e. The fraction of sp³-hybridized carbons (Fsp3) is 0.471. The third-order valence-electron chi connectivity index (χ3n) is 4.58. The van der Waals surface area contributed by atoms with E-state index < -0.39 is 0 Å². The van der Waals surface area contributed by atoms with E-state index in [-0.39, 0.29) is 5.91 Å². The lowest BCUT2D eigenvalue weighted by atomic mass is 10.0. The van der Waals surface area contributed by atoms with Crippen LogP contribution in [0, 0.1) is 0 Å². The quantitative estimate of drug-likeness (QED) is 0.805. The van der Waals surface area contributed by atoms with Crippen molar-refractivity contribution >= 4 is 11.6 Å². The van der Waals surface area contributed by atoms with Crippen molar-refractivity contribution in [2.45, 2.75) is 38.3 Å². The maximum Gasteiger partial charge on any atom is 0.224 e. The minimum Gasteiger partial charge on any atom is -0.492 e. The van der Waals surface area contributed by atoms with E-state index in [0.29, 0.717) is 19.1 Å². The van der Waals surface area contributed by atoms with Crippen molar-refractivity contribution in [1.29, 1.82) is 0 Å². The van der Waals surface area contributed by atoms with Crippen LogP contribution in [0.15, 0.2) is 24.5 Å². The summed E-state index contributed by atoms with van der Waals surface area (Å²) in [4.78, 5) is 15.6. The summed E-state index contributed by atoms with van der Waals surface area (Å²) in [5.41, 5.74) is 2.05. The predicted molar refractivity (Wildman–Crippen MR) is 89.0 cm³/mol. The van der Waals surface area contributed by atoms with Crippen LogP contribution < -0.4 is 15.4 Å². The zero-order valence-electron chi connectivity index (χ0n) is 13.5. The van der Waals surface area contributed by atoms with E-state index >= 15 is 0 Å². The van der Waals surface area contributed by atoms with Gasteiger partial charge in [-0.1, -0.05) is 0 Å². The third-order valence-corrected chi connectivity index (χ3v) is 4.58. The van der Waals surface area contributed by atoms with E-state index in [0.717, 1.165) is 55.2 Å². The Kier molecular flexibility index (Phi) is 4.17. The molecule has 0 aliphatic carbocycles. The molecule has 2 aliphatic heterocycles. The molecule has 0 saturated carbocycles. The Balaban J connectivity index is 1.24. The normalized spacial score (nSPS) is 19.3. The van der Waals surface area contributed by atoms with Crippen LogP contribution in [0.1, 0.15) is 24.2 Å². The average molecular weight is 327 g/mol. The van der Waals surface area contributed by atoms with Crippen molar-refractivity contribution in [3.8, 4) is 5.75 Å². The molecule has 2 aromatic rings. The lowest BCUT2D eigenvalue weighted by molar-refractivity contribution is -0.116. The number of nitrogens with zero attached hydrogens (tertiary/aromatic N) is 3. The van der Waals surface area contributed by atoms with E-state index in [4.69, 9.17) is 4.74 Å². The minimum atomic E-state index is 0.0865. The molecule has 1 unspecified atom stereocenters. The third kappa shape index (κ3) is 3.26. The molecule has 0 bridgehead atoms. The van der Waals surface area contributed by atoms with Crippen LogP contribution in [0.25, 0.3) is 0 Å². The highest BCUT2D eigenvalue weighted by Gasteiger charge is 2.19. The van der Waals surface area contributed by atoms with Gasteiger partial charge in [0.1, 0.15) is 24.5 Å². The molecule has 1 aromatic heterocycles. The molecule has 7 heteroatoms. The zero-order valence-corrected chi connectivity index (χ0v) is 13.5. The molecule has 7 nitrogen and oxygen atoms in total. The van der Waals surface area contributed by atoms with Crippen LogP contribution in [0.3, 0.4) is 0 Å². The summed E-state index contributed by atoms with van der Waals surface area (Å²) in [5, 5.41) is 10.6. The van der Waals surface area contributed by atoms with E-state index in [1.807, 2.05) is 22.9 Å². The van der Waals surface area contributed by atoms with E-state index in [1.54, 1.807) is 6.33 Å². The summed E-state index contributed by atoms with van der Waals surface area (Å²) >= 11 is 0. The standard InChI is InChI=1S/C17H21N5O2/c23-17-6-1-12-9-14(3-4-15(12)21-17)24-8-7-18-13-2-5-16-19-11-20-22(16)10-13/h3-4,9,11,13,18H,1-2,5-8,10H2,(H,21,23). The number of aryl methyl sites for hydroxylation is 2. The van der Waals surface area contributed by atoms with Crippen LogP contribution in [0.5, 0.6) is 5.75 Å². The molecular formula is C17H21N5O2. The second kappa shape index (κ2) is 6.60. The Labute approximate surface area is 140 Å². The number of carbonyl (C=O) groups excluding carboxylic acids is 1. The Morgan fingerprint density at radius 2 is 2.29 bits per heavy atom. The Morgan fingerprint density at radius 1 is 1.33 bits per heavy atom. The second-order valence-electron chi connectivity index (χ2n) is 6.26. The van der Waals surface area contributed by atoms with Crippen LogP contribution >= 0.6 is 0 Å². The largest absolute Gasteiger partial charge is 0.492 e. The summed E-state index contributed by atoms with van der Waals surface area (Å²) in [7, 11) is 0. The predicted octanol–water partition coefficient (Wildman–Crippen LogP) is 1.15. The number of benzene rings is 1. The number of aromatic nitrogens is 3. The van der Waals surface area contributed by atoms with Crippen LogP contribution in [-0.2, 0) is 24.2 Å². The van der Waals surface area contributed by atoms with E-state index in [9.17, 15) is 4.79 Å². The van der Waals surface area contributed by atoms with Crippen LogP contribution in [-0.4, -0.2) is 39.9 Å². The van der Waals surface area contributed by atoms with Gasteiger partial charge in [0, 0.05) is 31.1 Å². The maximum absolute atomic E-state index is 11.4. The SMILES string of the molecule is O=C1CCc2cc(OCCNC3CCc4ncnn4C3)ccc2N1. The molecule has 1 aromatic carbocycles. The highest BCUT2D eigenvalue weighted by atomic mass is 16.5. The number of ether oxygens (including phenoxy) is 1. The minimum absolute atomic E-state index is 0.0865. The molecule has 24 heavy (non-hydrogen) atoms. The van der Waals surface area contributed by atoms with E-state index in [1.165, 1.54) is 0 Å². The number of amides is 1. The Hall–Kier alpha value is -2.41. The van der Waals surface area contributed by atoms with Gasteiger partial charge in [-0.2, -0.15) is 5.10 Å². The van der Waals surface area contributed by atoms with Crippen molar-refractivity contribution in [2.24, 2.45) is 0 Å². The first-order chi connectivity index (χ1) is 11.8. The first-order valence-corrected chi connectivity index (χ1v) is 8.43. The number of fused-ring (bicyclic) bond motifs is 2. The highest BCUT2D eigenvalue weighted by Crippen LogP contribution is 2.26. The first-order valence-electron chi connectivity index (χ1n) is 8.43. The molecule has 0 saturated heterocycles. The number of anilines is 1. The molecular weight excluding hydrogens is 306 g/mol. The van der Waals surface area contributed by atoms with Crippen LogP contribution in [0.2, 0.25) is 0 Å². The van der Waals surface area contributed by atoms with Gasteiger partial charge in [-0.3, -0.25) is 4.79 Å². The first kappa shape index (κ1) is 15.1. The monoisotopic (exact) mass is 327 g/mol. The molecule has 126 valence electrons. The number of hydrogen-bond donors (Lipinski definition) is 2. The topological polar surface area (TPSA) is 81.1 Å². The molecule has 3 heterocycles. The van der Waals surface area contributed by atoms with Gasteiger partial charge in [-0.25, -0.2) is 9.67 Å². The van der Waals surface area contributed by atoms with Gasteiger partial charge < -0.3 is 15.4 Å². The van der Waals surface area contributed by atoms with Gasteiger partial charge in [0.05, 0.1) is 6.54 Å². The summed E-state index contributed by atoms with van der Waals surface area (Å²) < 4.78 is 7.81. The van der Waals surface area contributed by atoms with Gasteiger partial charge in [0.15, 0.2) is 0 Å². The molecule has 1 amide bonds. The number of hydrogen-bond acceptors (Lipinski definition) is 5. The lowest BCUT2D eigenvalue weighted by Gasteiger charge is -2.23. The van der Waals surface area contributed by atoms with Gasteiger partial charge in [-0.15, -0.1) is 0 Å². The summed E-state index contributed by atoms with van der Waals surface area (Å²) in [6.45, 7) is 2.28. The summed E-state index contributed by atoms with van der Waals surface area (Å²) in [6, 6.07) is 6.27. The summed E-state index contributed by atoms with van der Waals surface area (Å²) in [5.74, 6) is 2.02. The van der Waals surface area contributed by atoms with Crippen molar-refractivity contribution < 1.29 is 9.53 Å². The maximum atomic E-state index is 11.4. The molecule has 2 aliphatic rings. The molecule has 1 atom stereocenters. The van der Waals surface area contributed by atoms with Crippen LogP contribution in [0.4, 0.5) is 5.69 Å². The Bertz CT molecular complexity index is 742. The van der Waals surface area contributed by atoms with Crippen molar-refractivity contribution in [1.82, 2.24) is 20.1 Å². The lowest BCUT2D eigenvalue weighted by Crippen LogP contribution is -2.39. The molecule has 0 fully saturated rings.